The van der Waals surface area contributed by atoms with E-state index in [2.05, 4.69) is 43.5 Å². The van der Waals surface area contributed by atoms with Crippen molar-refractivity contribution < 1.29 is 73.5 Å². The third-order valence-corrected chi connectivity index (χ3v) is 9.30. The molecule has 0 aromatic rings. The van der Waals surface area contributed by atoms with E-state index in [-0.39, 0.29) is 56.4 Å². The molecule has 0 saturated carbocycles. The number of nitrogens with zero attached hydrogens (tertiary/aromatic N) is 1. The maximum atomic E-state index is 13.0. The first-order valence-electron chi connectivity index (χ1n) is 20.1. The van der Waals surface area contributed by atoms with Gasteiger partial charge < -0.3 is 68.9 Å². The molecule has 0 saturated heterocycles. The maximum Gasteiger partial charge on any atom is 0.326 e. The molecule has 24 heteroatoms. The van der Waals surface area contributed by atoms with Crippen molar-refractivity contribution in [2.75, 3.05) is 19.7 Å². The molecular weight excluding hydrogens is 822 g/mol. The number of guanidine groups is 1. The Kier molecular flexibility index (Phi) is 27.5. The first-order chi connectivity index (χ1) is 29.1. The number of hydrogen-bond acceptors (Lipinski definition) is 13. The Hall–Kier alpha value is -6.33. The van der Waals surface area contributed by atoms with E-state index in [1.807, 2.05) is 6.92 Å². The summed E-state index contributed by atoms with van der Waals surface area (Å²) < 4.78 is 0. The number of Topliss-reactive ketones (excluding diaryl/α,β-unsaturated/α-hetero) is 1. The fourth-order valence-electron chi connectivity index (χ4n) is 5.85. The Morgan fingerprint density at radius 2 is 1.00 bits per heavy atom. The zero-order chi connectivity index (χ0) is 47.4. The SMILES string of the molecule is C=C(O)[C@H](CCC(=O)N[C@@H](CCC(=O)N[C@@H](CCC(=O)N[C@@H](CCCN=C(N)N)C(=O)NCCCC[C@H](CC)C(=O)CO)C(=O)O)C(=O)O)NC(=O)CC[C@H](NC(C)=O)C(=O)O. The quantitative estimate of drug-likeness (QED) is 0.0141. The number of unbranched alkanes of at least 4 members (excludes halogenated alkanes) is 1. The van der Waals surface area contributed by atoms with Crippen LogP contribution in [0.4, 0.5) is 0 Å². The molecule has 350 valence electrons. The van der Waals surface area contributed by atoms with Crippen LogP contribution in [0.15, 0.2) is 17.3 Å². The van der Waals surface area contributed by atoms with Crippen LogP contribution in [0.2, 0.25) is 0 Å². The molecule has 6 atom stereocenters. The van der Waals surface area contributed by atoms with Gasteiger partial charge in [-0.15, -0.1) is 0 Å². The van der Waals surface area contributed by atoms with E-state index in [0.717, 1.165) is 6.92 Å². The van der Waals surface area contributed by atoms with Crippen molar-refractivity contribution in [3.8, 4) is 0 Å². The molecule has 0 spiro atoms. The van der Waals surface area contributed by atoms with Crippen molar-refractivity contribution in [3.63, 3.8) is 0 Å². The van der Waals surface area contributed by atoms with Gasteiger partial charge in [-0.1, -0.05) is 19.9 Å². The summed E-state index contributed by atoms with van der Waals surface area (Å²) in [5, 5.41) is 61.7. The zero-order valence-electron chi connectivity index (χ0n) is 35.1. The number of aliphatic imine (C=N–C) groups is 1. The molecule has 0 radical (unpaired) electrons. The molecule has 6 amide bonds. The summed E-state index contributed by atoms with van der Waals surface area (Å²) in [6.45, 7) is 6.10. The largest absolute Gasteiger partial charge is 0.511 e. The third kappa shape index (κ3) is 25.3. The minimum atomic E-state index is -1.62. The lowest BCUT2D eigenvalue weighted by Gasteiger charge is -2.20. The average molecular weight is 886 g/mol. The van der Waals surface area contributed by atoms with Crippen LogP contribution in [0.25, 0.3) is 0 Å². The van der Waals surface area contributed by atoms with Crippen molar-refractivity contribution >= 4 is 65.1 Å². The molecule has 62 heavy (non-hydrogen) atoms. The van der Waals surface area contributed by atoms with Crippen LogP contribution < -0.4 is 43.4 Å². The summed E-state index contributed by atoms with van der Waals surface area (Å²) in [4.78, 5) is 125. The first-order valence-corrected chi connectivity index (χ1v) is 20.1. The van der Waals surface area contributed by atoms with Gasteiger partial charge in [0, 0.05) is 51.6 Å². The van der Waals surface area contributed by atoms with Gasteiger partial charge >= 0.3 is 17.9 Å². The average Bonchev–Trinajstić information content (AvgIpc) is 3.19. The molecule has 0 bridgehead atoms. The Balaban J connectivity index is 5.20. The number of carbonyl (C=O) groups excluding carboxylic acids is 7. The zero-order valence-corrected chi connectivity index (χ0v) is 35.1. The number of aliphatic hydroxyl groups is 2. The van der Waals surface area contributed by atoms with E-state index in [1.165, 1.54) is 0 Å². The molecule has 0 rings (SSSR count). The minimum absolute atomic E-state index is 0.115. The number of aliphatic hydroxyl groups excluding tert-OH is 2. The van der Waals surface area contributed by atoms with Gasteiger partial charge in [0.1, 0.15) is 36.5 Å². The second-order valence-electron chi connectivity index (χ2n) is 14.4. The highest BCUT2D eigenvalue weighted by Crippen LogP contribution is 2.14. The number of amides is 6. The lowest BCUT2D eigenvalue weighted by atomic mass is 9.95. The summed E-state index contributed by atoms with van der Waals surface area (Å²) in [5.41, 5.74) is 10.7. The lowest BCUT2D eigenvalue weighted by Crippen LogP contribution is -2.48. The van der Waals surface area contributed by atoms with Crippen LogP contribution in [0.5, 0.6) is 0 Å². The molecule has 0 aliphatic rings. The van der Waals surface area contributed by atoms with Crippen LogP contribution in [-0.2, 0) is 47.9 Å². The molecule has 15 N–H and O–H groups in total. The van der Waals surface area contributed by atoms with Crippen molar-refractivity contribution in [2.45, 2.75) is 134 Å². The van der Waals surface area contributed by atoms with E-state index < -0.39 is 128 Å². The van der Waals surface area contributed by atoms with Gasteiger partial charge in [-0.25, -0.2) is 14.4 Å². The third-order valence-electron chi connectivity index (χ3n) is 9.30. The maximum absolute atomic E-state index is 13.0. The second kappa shape index (κ2) is 30.7. The Morgan fingerprint density at radius 3 is 1.39 bits per heavy atom. The van der Waals surface area contributed by atoms with Gasteiger partial charge in [0.25, 0.3) is 0 Å². The number of nitrogens with two attached hydrogens (primary N) is 2. The fourth-order valence-corrected chi connectivity index (χ4v) is 5.85. The molecule has 0 unspecified atom stereocenters. The number of nitrogens with one attached hydrogen (secondary N) is 6. The summed E-state index contributed by atoms with van der Waals surface area (Å²) in [7, 11) is 0. The first kappa shape index (κ1) is 55.7. The summed E-state index contributed by atoms with van der Waals surface area (Å²) in [6.07, 6.45) is -0.658. The van der Waals surface area contributed by atoms with Gasteiger partial charge in [-0.2, -0.15) is 0 Å². The fraction of sp³-hybridized carbons (Fsp3) is 0.658. The van der Waals surface area contributed by atoms with Gasteiger partial charge in [0.15, 0.2) is 11.7 Å². The minimum Gasteiger partial charge on any atom is -0.511 e. The number of rotatable bonds is 34. The Morgan fingerprint density at radius 1 is 0.581 bits per heavy atom. The van der Waals surface area contributed by atoms with Crippen LogP contribution in [-0.4, -0.2) is 141 Å². The van der Waals surface area contributed by atoms with Crippen molar-refractivity contribution in [3.05, 3.63) is 12.3 Å². The summed E-state index contributed by atoms with van der Waals surface area (Å²) >= 11 is 0. The second-order valence-corrected chi connectivity index (χ2v) is 14.4. The number of aliphatic carboxylic acids is 3. The monoisotopic (exact) mass is 885 g/mol. The Bertz CT molecular complexity index is 1600. The highest BCUT2D eigenvalue weighted by atomic mass is 16.4. The molecule has 0 fully saturated rings. The molecule has 0 aromatic carbocycles. The lowest BCUT2D eigenvalue weighted by molar-refractivity contribution is -0.143. The number of carboxylic acids is 3. The van der Waals surface area contributed by atoms with E-state index in [4.69, 9.17) is 16.6 Å². The predicted molar refractivity (Wildman–Crippen MR) is 220 cm³/mol. The standard InChI is InChI=1S/C38H63N9O15/c1-4-23(29(51)20-48)8-5-6-18-41-34(56)25(9-7-19-42-38(39)40)45-31(53)16-12-27(36(59)60)47-33(55)17-13-28(37(61)62)46-32(54)14-10-24(21(2)49)44-30(52)15-11-26(35(57)58)43-22(3)50/h23-28,48-49H,2,4-20H2,1,3H3,(H,41,56)(H,43,50)(H,44,52)(H,45,53)(H,46,54)(H,47,55)(H,57,58)(H,59,60)(H,61,62)(H4,39,40,42)/t23-,24-,25-,26-,27-,28-/m0/s1. The van der Waals surface area contributed by atoms with Crippen LogP contribution in [0.1, 0.15) is 104 Å². The highest BCUT2D eigenvalue weighted by molar-refractivity contribution is 5.89. The van der Waals surface area contributed by atoms with Gasteiger partial charge in [-0.3, -0.25) is 38.6 Å². The molecule has 24 nitrogen and oxygen atoms in total. The highest BCUT2D eigenvalue weighted by Gasteiger charge is 2.27. The number of carbonyl (C=O) groups is 10. The molecule has 0 heterocycles. The van der Waals surface area contributed by atoms with E-state index in [1.54, 1.807) is 0 Å². The topological polar surface area (TPSA) is 408 Å². The van der Waals surface area contributed by atoms with Crippen molar-refractivity contribution in [1.29, 1.82) is 0 Å². The van der Waals surface area contributed by atoms with Crippen molar-refractivity contribution in [1.82, 2.24) is 31.9 Å². The number of carboxylic acid groups (broad SMARTS) is 3. The number of hydrogen-bond donors (Lipinski definition) is 13. The van der Waals surface area contributed by atoms with Crippen LogP contribution >= 0.6 is 0 Å². The van der Waals surface area contributed by atoms with Crippen molar-refractivity contribution in [2.24, 2.45) is 22.4 Å². The van der Waals surface area contributed by atoms with Gasteiger partial charge in [-0.05, 0) is 57.8 Å². The van der Waals surface area contributed by atoms with Gasteiger partial charge in [0.05, 0.1) is 6.04 Å². The van der Waals surface area contributed by atoms with E-state index >= 15 is 0 Å². The summed E-state index contributed by atoms with van der Waals surface area (Å²) in [6, 6.07) is -6.80. The van der Waals surface area contributed by atoms with E-state index in [9.17, 15) is 68.4 Å². The predicted octanol–water partition coefficient (Wildman–Crippen LogP) is -2.20. The van der Waals surface area contributed by atoms with Crippen LogP contribution in [0.3, 0.4) is 0 Å². The van der Waals surface area contributed by atoms with Gasteiger partial charge in [0.2, 0.25) is 35.4 Å². The smallest absolute Gasteiger partial charge is 0.326 e. The van der Waals surface area contributed by atoms with Crippen LogP contribution in [0, 0.1) is 5.92 Å². The molecule has 0 aromatic heterocycles. The van der Waals surface area contributed by atoms with E-state index in [0.29, 0.717) is 32.1 Å². The number of ketones is 1. The molecule has 0 aliphatic heterocycles. The molecular formula is C38H63N9O15. The molecule has 0 aliphatic carbocycles. The summed E-state index contributed by atoms with van der Waals surface area (Å²) in [5.74, 6) is -10.0. The Labute approximate surface area is 358 Å². The normalized spacial score (nSPS) is 13.6.